The highest BCUT2D eigenvalue weighted by Crippen LogP contribution is 2.23. The molecule has 8 nitrogen and oxygen atoms in total. The summed E-state index contributed by atoms with van der Waals surface area (Å²) >= 11 is 2.57. The third-order valence-corrected chi connectivity index (χ3v) is 7.23. The van der Waals surface area contributed by atoms with Crippen molar-refractivity contribution in [2.24, 2.45) is 12.2 Å². The summed E-state index contributed by atoms with van der Waals surface area (Å²) in [5.41, 5.74) is 1.39. The van der Waals surface area contributed by atoms with Gasteiger partial charge in [-0.05, 0) is 42.5 Å². The standard InChI is InChI=1S/C18H20N4O4S3/c1-11(28-18-21-14-8-10-27-15(14)17(24)22(18)2)16(23)20-9-7-12-3-5-13(6-4-12)29(19,25)26/h3-6,8,10-11H,7,9H2,1-2H3,(H,20,23)(H2,19,25,26)/t11-/m1/s1. The summed E-state index contributed by atoms with van der Waals surface area (Å²) in [6, 6.07) is 8.01. The number of hydrogen-bond donors (Lipinski definition) is 2. The molecular formula is C18H20N4O4S3. The van der Waals surface area contributed by atoms with Crippen LogP contribution in [0.1, 0.15) is 12.5 Å². The van der Waals surface area contributed by atoms with E-state index in [-0.39, 0.29) is 16.4 Å². The zero-order chi connectivity index (χ0) is 21.2. The van der Waals surface area contributed by atoms with Gasteiger partial charge < -0.3 is 5.32 Å². The van der Waals surface area contributed by atoms with Gasteiger partial charge in [-0.25, -0.2) is 18.5 Å². The van der Waals surface area contributed by atoms with Crippen LogP contribution in [0.3, 0.4) is 0 Å². The number of nitrogens with zero attached hydrogens (tertiary/aromatic N) is 2. The van der Waals surface area contributed by atoms with E-state index in [0.717, 1.165) is 5.56 Å². The van der Waals surface area contributed by atoms with E-state index in [2.05, 4.69) is 10.3 Å². The van der Waals surface area contributed by atoms with Crippen LogP contribution in [0.4, 0.5) is 0 Å². The first-order valence-corrected chi connectivity index (χ1v) is 12.0. The van der Waals surface area contributed by atoms with Gasteiger partial charge in [-0.2, -0.15) is 0 Å². The monoisotopic (exact) mass is 452 g/mol. The van der Waals surface area contributed by atoms with Crippen molar-refractivity contribution in [1.29, 1.82) is 0 Å². The Morgan fingerprint density at radius 2 is 2.00 bits per heavy atom. The maximum atomic E-state index is 12.4. The molecule has 0 fully saturated rings. The lowest BCUT2D eigenvalue weighted by Gasteiger charge is -2.13. The molecule has 0 unspecified atom stereocenters. The fraction of sp³-hybridized carbons (Fsp3) is 0.278. The number of nitrogens with one attached hydrogen (secondary N) is 1. The van der Waals surface area contributed by atoms with Crippen molar-refractivity contribution >= 4 is 49.2 Å². The molecule has 2 heterocycles. The first kappa shape index (κ1) is 21.5. The zero-order valence-electron chi connectivity index (χ0n) is 15.8. The summed E-state index contributed by atoms with van der Waals surface area (Å²) in [5, 5.41) is 9.79. The number of carbonyl (C=O) groups excluding carboxylic acids is 1. The molecule has 29 heavy (non-hydrogen) atoms. The van der Waals surface area contributed by atoms with E-state index in [9.17, 15) is 18.0 Å². The quantitative estimate of drug-likeness (QED) is 0.413. The van der Waals surface area contributed by atoms with Crippen LogP contribution in [-0.2, 0) is 28.3 Å². The van der Waals surface area contributed by atoms with Gasteiger partial charge in [0.05, 0.1) is 15.7 Å². The van der Waals surface area contributed by atoms with Crippen molar-refractivity contribution in [3.05, 3.63) is 51.6 Å². The Labute approximate surface area is 176 Å². The van der Waals surface area contributed by atoms with Crippen molar-refractivity contribution < 1.29 is 13.2 Å². The second-order valence-corrected chi connectivity index (χ2v) is 10.2. The number of benzene rings is 1. The summed E-state index contributed by atoms with van der Waals surface area (Å²) in [4.78, 5) is 29.3. The van der Waals surface area contributed by atoms with Crippen molar-refractivity contribution in [3.8, 4) is 0 Å². The minimum Gasteiger partial charge on any atom is -0.355 e. The molecule has 0 saturated carbocycles. The Hall–Kier alpha value is -2.21. The van der Waals surface area contributed by atoms with Gasteiger partial charge in [-0.15, -0.1) is 11.3 Å². The Morgan fingerprint density at radius 1 is 1.31 bits per heavy atom. The summed E-state index contributed by atoms with van der Waals surface area (Å²) in [6.07, 6.45) is 0.547. The molecule has 1 atom stereocenters. The molecule has 1 aromatic carbocycles. The number of sulfonamides is 1. The van der Waals surface area contributed by atoms with Gasteiger partial charge in [-0.3, -0.25) is 14.2 Å². The Bertz CT molecular complexity index is 1200. The van der Waals surface area contributed by atoms with Crippen LogP contribution in [0.5, 0.6) is 0 Å². The Kier molecular flexibility index (Phi) is 6.42. The number of carbonyl (C=O) groups is 1. The van der Waals surface area contributed by atoms with Gasteiger partial charge in [0.25, 0.3) is 5.56 Å². The molecule has 1 amide bonds. The summed E-state index contributed by atoms with van der Waals surface area (Å²) in [6.45, 7) is 2.15. The van der Waals surface area contributed by atoms with E-state index in [1.54, 1.807) is 32.2 Å². The molecule has 0 saturated heterocycles. The van der Waals surface area contributed by atoms with Crippen LogP contribution in [-0.4, -0.2) is 35.7 Å². The highest BCUT2D eigenvalue weighted by Gasteiger charge is 2.18. The number of hydrogen-bond acceptors (Lipinski definition) is 7. The van der Waals surface area contributed by atoms with Crippen LogP contribution < -0.4 is 16.0 Å². The lowest BCUT2D eigenvalue weighted by molar-refractivity contribution is -0.120. The van der Waals surface area contributed by atoms with Crippen LogP contribution in [0.25, 0.3) is 10.2 Å². The smallest absolute Gasteiger partial charge is 0.271 e. The van der Waals surface area contributed by atoms with Gasteiger partial charge in [0.15, 0.2) is 5.16 Å². The number of thiophene rings is 1. The summed E-state index contributed by atoms with van der Waals surface area (Å²) < 4.78 is 24.6. The molecular weight excluding hydrogens is 432 g/mol. The van der Waals surface area contributed by atoms with E-state index >= 15 is 0 Å². The van der Waals surface area contributed by atoms with Gasteiger partial charge in [0.2, 0.25) is 15.9 Å². The lowest BCUT2D eigenvalue weighted by Crippen LogP contribution is -2.33. The normalized spacial score (nSPS) is 12.8. The second kappa shape index (κ2) is 8.66. The number of aromatic nitrogens is 2. The lowest BCUT2D eigenvalue weighted by atomic mass is 10.1. The van der Waals surface area contributed by atoms with Crippen LogP contribution in [0.2, 0.25) is 0 Å². The minimum absolute atomic E-state index is 0.0519. The first-order valence-electron chi connectivity index (χ1n) is 8.67. The molecule has 3 rings (SSSR count). The number of thioether (sulfide) groups is 1. The number of nitrogens with two attached hydrogens (primary N) is 1. The molecule has 0 bridgehead atoms. The highest BCUT2D eigenvalue weighted by atomic mass is 32.2. The van der Waals surface area contributed by atoms with Gasteiger partial charge in [-0.1, -0.05) is 23.9 Å². The van der Waals surface area contributed by atoms with Crippen LogP contribution in [0, 0.1) is 0 Å². The third-order valence-electron chi connectivity index (χ3n) is 4.26. The average Bonchev–Trinajstić information content (AvgIpc) is 3.14. The largest absolute Gasteiger partial charge is 0.355 e. The maximum absolute atomic E-state index is 12.4. The Morgan fingerprint density at radius 3 is 2.66 bits per heavy atom. The number of primary sulfonamides is 1. The van der Waals surface area contributed by atoms with Crippen molar-refractivity contribution in [2.75, 3.05) is 6.54 Å². The van der Waals surface area contributed by atoms with E-state index in [1.165, 1.54) is 39.8 Å². The summed E-state index contributed by atoms with van der Waals surface area (Å²) in [7, 11) is -2.07. The topological polar surface area (TPSA) is 124 Å². The van der Waals surface area contributed by atoms with Gasteiger partial charge >= 0.3 is 0 Å². The van der Waals surface area contributed by atoms with Crippen LogP contribution >= 0.6 is 23.1 Å². The predicted octanol–water partition coefficient (Wildman–Crippen LogP) is 1.48. The Balaban J connectivity index is 1.57. The average molecular weight is 453 g/mol. The van der Waals surface area contributed by atoms with Crippen molar-refractivity contribution in [3.63, 3.8) is 0 Å². The van der Waals surface area contributed by atoms with Gasteiger partial charge in [0.1, 0.15) is 4.70 Å². The van der Waals surface area contributed by atoms with E-state index in [1.807, 2.05) is 5.38 Å². The molecule has 0 aliphatic heterocycles. The molecule has 3 aromatic rings. The van der Waals surface area contributed by atoms with Crippen molar-refractivity contribution in [1.82, 2.24) is 14.9 Å². The molecule has 2 aromatic heterocycles. The molecule has 0 aliphatic carbocycles. The number of fused-ring (bicyclic) bond motifs is 1. The van der Waals surface area contributed by atoms with Gasteiger partial charge in [0, 0.05) is 13.6 Å². The molecule has 0 spiro atoms. The predicted molar refractivity (Wildman–Crippen MR) is 115 cm³/mol. The van der Waals surface area contributed by atoms with E-state index in [4.69, 9.17) is 5.14 Å². The number of amides is 1. The molecule has 154 valence electrons. The first-order chi connectivity index (χ1) is 13.7. The molecule has 3 N–H and O–H groups in total. The SMILES string of the molecule is C[C@@H](Sc1nc2ccsc2c(=O)n1C)C(=O)NCCc1ccc(S(N)(=O)=O)cc1. The summed E-state index contributed by atoms with van der Waals surface area (Å²) in [5.74, 6) is -0.171. The third kappa shape index (κ3) is 5.04. The van der Waals surface area contributed by atoms with E-state index in [0.29, 0.717) is 28.3 Å². The van der Waals surface area contributed by atoms with Crippen LogP contribution in [0.15, 0.2) is 50.6 Å². The van der Waals surface area contributed by atoms with E-state index < -0.39 is 15.3 Å². The second-order valence-electron chi connectivity index (χ2n) is 6.38. The maximum Gasteiger partial charge on any atom is 0.271 e. The molecule has 0 aliphatic rings. The molecule has 11 heteroatoms. The van der Waals surface area contributed by atoms with Crippen molar-refractivity contribution in [2.45, 2.75) is 28.6 Å². The highest BCUT2D eigenvalue weighted by molar-refractivity contribution is 8.00. The number of rotatable bonds is 7. The fourth-order valence-corrected chi connectivity index (χ4v) is 4.82. The fourth-order valence-electron chi connectivity index (χ4n) is 2.60. The zero-order valence-corrected chi connectivity index (χ0v) is 18.2. The minimum atomic E-state index is -3.71. The molecule has 0 radical (unpaired) electrons.